The molecule has 1 unspecified atom stereocenters. The summed E-state index contributed by atoms with van der Waals surface area (Å²) in [5, 5.41) is 1.18. The van der Waals surface area contributed by atoms with Gasteiger partial charge in [0.2, 0.25) is 0 Å². The van der Waals surface area contributed by atoms with E-state index >= 15 is 0 Å². The predicted octanol–water partition coefficient (Wildman–Crippen LogP) is 4.26. The van der Waals surface area contributed by atoms with E-state index in [1.165, 1.54) is 30.6 Å². The minimum absolute atomic E-state index is 0.385. The summed E-state index contributed by atoms with van der Waals surface area (Å²) in [5.41, 5.74) is 7.05. The molecule has 0 aliphatic heterocycles. The minimum Gasteiger partial charge on any atom is -0.329 e. The molecule has 0 saturated carbocycles. The van der Waals surface area contributed by atoms with Gasteiger partial charge in [0, 0.05) is 16.8 Å². The first-order valence-electron chi connectivity index (χ1n) is 5.85. The van der Waals surface area contributed by atoms with Crippen LogP contribution in [0.3, 0.4) is 0 Å². The van der Waals surface area contributed by atoms with Gasteiger partial charge in [0.25, 0.3) is 0 Å². The summed E-state index contributed by atoms with van der Waals surface area (Å²) in [6.45, 7) is 2.90. The summed E-state index contributed by atoms with van der Waals surface area (Å²) in [7, 11) is 0. The van der Waals surface area contributed by atoms with Gasteiger partial charge in [-0.2, -0.15) is 11.8 Å². The molecule has 16 heavy (non-hydrogen) atoms. The molecule has 0 aliphatic rings. The molecule has 1 aromatic rings. The summed E-state index contributed by atoms with van der Waals surface area (Å²) in [5.74, 6) is 1.18. The van der Waals surface area contributed by atoms with Crippen LogP contribution >= 0.6 is 23.4 Å². The van der Waals surface area contributed by atoms with Crippen molar-refractivity contribution in [1.29, 1.82) is 0 Å². The van der Waals surface area contributed by atoms with E-state index in [1.54, 1.807) is 0 Å². The number of nitrogens with two attached hydrogens (primary N) is 1. The van der Waals surface area contributed by atoms with Crippen LogP contribution in [0.15, 0.2) is 24.3 Å². The van der Waals surface area contributed by atoms with Crippen molar-refractivity contribution >= 4 is 23.4 Å². The first-order chi connectivity index (χ1) is 7.77. The van der Waals surface area contributed by atoms with E-state index in [0.29, 0.717) is 11.8 Å². The van der Waals surface area contributed by atoms with Crippen molar-refractivity contribution in [2.45, 2.75) is 31.4 Å². The Bertz CT molecular complexity index is 304. The molecule has 0 amide bonds. The second-order valence-corrected chi connectivity index (χ2v) is 5.60. The van der Waals surface area contributed by atoms with Crippen LogP contribution in [0.2, 0.25) is 5.02 Å². The molecule has 0 saturated heterocycles. The molecule has 0 spiro atoms. The Balaban J connectivity index is 2.47. The van der Waals surface area contributed by atoms with Crippen molar-refractivity contribution in [3.05, 3.63) is 34.9 Å². The number of thioether (sulfide) groups is 1. The zero-order valence-electron chi connectivity index (χ0n) is 9.79. The van der Waals surface area contributed by atoms with Crippen LogP contribution in [0.1, 0.15) is 37.0 Å². The SMILES string of the molecule is CCCCCSC(CN)c1cccc(Cl)c1. The molecule has 0 aliphatic carbocycles. The molecule has 1 nitrogen and oxygen atoms in total. The van der Waals surface area contributed by atoms with Gasteiger partial charge < -0.3 is 5.73 Å². The molecule has 0 radical (unpaired) electrons. The van der Waals surface area contributed by atoms with Crippen molar-refractivity contribution in [1.82, 2.24) is 0 Å². The summed E-state index contributed by atoms with van der Waals surface area (Å²) in [4.78, 5) is 0. The van der Waals surface area contributed by atoms with Gasteiger partial charge in [-0.05, 0) is 29.9 Å². The third-order valence-corrected chi connectivity index (χ3v) is 4.13. The second-order valence-electron chi connectivity index (χ2n) is 3.86. The summed E-state index contributed by atoms with van der Waals surface area (Å²) in [6, 6.07) is 8.02. The van der Waals surface area contributed by atoms with E-state index in [0.717, 1.165) is 5.02 Å². The van der Waals surface area contributed by atoms with Crippen LogP contribution in [0, 0.1) is 0 Å². The Morgan fingerprint density at radius 2 is 2.19 bits per heavy atom. The van der Waals surface area contributed by atoms with Crippen molar-refractivity contribution in [3.8, 4) is 0 Å². The Morgan fingerprint density at radius 3 is 2.81 bits per heavy atom. The van der Waals surface area contributed by atoms with Crippen LogP contribution in [0.4, 0.5) is 0 Å². The smallest absolute Gasteiger partial charge is 0.0420 e. The highest BCUT2D eigenvalue weighted by Crippen LogP contribution is 2.29. The van der Waals surface area contributed by atoms with Gasteiger partial charge in [-0.3, -0.25) is 0 Å². The summed E-state index contributed by atoms with van der Waals surface area (Å²) < 4.78 is 0. The Morgan fingerprint density at radius 1 is 1.38 bits per heavy atom. The Hall–Kier alpha value is -0.180. The molecule has 0 fully saturated rings. The molecule has 0 heterocycles. The van der Waals surface area contributed by atoms with Gasteiger partial charge in [0.1, 0.15) is 0 Å². The van der Waals surface area contributed by atoms with Crippen LogP contribution in [0.25, 0.3) is 0 Å². The van der Waals surface area contributed by atoms with Crippen molar-refractivity contribution in [3.63, 3.8) is 0 Å². The van der Waals surface area contributed by atoms with Gasteiger partial charge in [0.15, 0.2) is 0 Å². The van der Waals surface area contributed by atoms with Crippen molar-refractivity contribution in [2.24, 2.45) is 5.73 Å². The maximum Gasteiger partial charge on any atom is 0.0420 e. The van der Waals surface area contributed by atoms with E-state index in [4.69, 9.17) is 17.3 Å². The quantitative estimate of drug-likeness (QED) is 0.739. The number of halogens is 1. The lowest BCUT2D eigenvalue weighted by molar-refractivity contribution is 0.776. The Labute approximate surface area is 108 Å². The van der Waals surface area contributed by atoms with E-state index in [1.807, 2.05) is 30.0 Å². The fourth-order valence-corrected chi connectivity index (χ4v) is 2.91. The van der Waals surface area contributed by atoms with Gasteiger partial charge in [-0.25, -0.2) is 0 Å². The number of rotatable bonds is 7. The molecule has 2 N–H and O–H groups in total. The second kappa shape index (κ2) is 7.99. The molecule has 1 atom stereocenters. The molecule has 1 rings (SSSR count). The molecular weight excluding hydrogens is 238 g/mol. The maximum absolute atomic E-state index is 5.98. The fourth-order valence-electron chi connectivity index (χ4n) is 1.58. The fraction of sp³-hybridized carbons (Fsp3) is 0.538. The molecule has 3 heteroatoms. The summed E-state index contributed by atoms with van der Waals surface area (Å²) >= 11 is 7.92. The molecular formula is C13H20ClNS. The highest BCUT2D eigenvalue weighted by atomic mass is 35.5. The first kappa shape index (κ1) is 13.9. The number of benzene rings is 1. The lowest BCUT2D eigenvalue weighted by Crippen LogP contribution is -2.09. The van der Waals surface area contributed by atoms with Gasteiger partial charge >= 0.3 is 0 Å². The first-order valence-corrected chi connectivity index (χ1v) is 7.27. The average Bonchev–Trinajstić information content (AvgIpc) is 2.29. The summed E-state index contributed by atoms with van der Waals surface area (Å²) in [6.07, 6.45) is 3.85. The van der Waals surface area contributed by atoms with Crippen LogP contribution in [0.5, 0.6) is 0 Å². The van der Waals surface area contributed by atoms with E-state index in [2.05, 4.69) is 13.0 Å². The van der Waals surface area contributed by atoms with E-state index in [9.17, 15) is 0 Å². The normalized spacial score (nSPS) is 12.7. The number of hydrogen-bond donors (Lipinski definition) is 1. The lowest BCUT2D eigenvalue weighted by atomic mass is 10.1. The topological polar surface area (TPSA) is 26.0 Å². The van der Waals surface area contributed by atoms with Gasteiger partial charge in [-0.15, -0.1) is 0 Å². The van der Waals surface area contributed by atoms with Crippen molar-refractivity contribution < 1.29 is 0 Å². The largest absolute Gasteiger partial charge is 0.329 e. The zero-order valence-corrected chi connectivity index (χ0v) is 11.4. The third-order valence-electron chi connectivity index (χ3n) is 2.50. The number of unbranched alkanes of at least 4 members (excludes halogenated alkanes) is 2. The monoisotopic (exact) mass is 257 g/mol. The highest BCUT2D eigenvalue weighted by Gasteiger charge is 2.09. The van der Waals surface area contributed by atoms with Crippen LogP contribution in [-0.2, 0) is 0 Å². The zero-order chi connectivity index (χ0) is 11.8. The minimum atomic E-state index is 0.385. The molecule has 90 valence electrons. The lowest BCUT2D eigenvalue weighted by Gasteiger charge is -2.14. The molecule has 0 bridgehead atoms. The van der Waals surface area contributed by atoms with Crippen LogP contribution in [-0.4, -0.2) is 12.3 Å². The standard InChI is InChI=1S/C13H20ClNS/c1-2-3-4-8-16-13(10-15)11-6-5-7-12(14)9-11/h5-7,9,13H,2-4,8,10,15H2,1H3. The Kier molecular flexibility index (Phi) is 6.93. The van der Waals surface area contributed by atoms with E-state index < -0.39 is 0 Å². The average molecular weight is 258 g/mol. The predicted molar refractivity (Wildman–Crippen MR) is 75.2 cm³/mol. The van der Waals surface area contributed by atoms with E-state index in [-0.39, 0.29) is 0 Å². The van der Waals surface area contributed by atoms with Crippen LogP contribution < -0.4 is 5.73 Å². The van der Waals surface area contributed by atoms with Gasteiger partial charge in [-0.1, -0.05) is 43.5 Å². The highest BCUT2D eigenvalue weighted by molar-refractivity contribution is 7.99. The molecule has 0 aromatic heterocycles. The third kappa shape index (κ3) is 4.77. The molecule has 1 aromatic carbocycles. The maximum atomic E-state index is 5.98. The van der Waals surface area contributed by atoms with Gasteiger partial charge in [0.05, 0.1) is 0 Å². The van der Waals surface area contributed by atoms with Crippen molar-refractivity contribution in [2.75, 3.05) is 12.3 Å². The number of hydrogen-bond acceptors (Lipinski definition) is 2.